The normalized spacial score (nSPS) is 14.4. The van der Waals surface area contributed by atoms with Crippen LogP contribution in [0.4, 0.5) is 4.79 Å². The first-order valence-electron chi connectivity index (χ1n) is 10.6. The summed E-state index contributed by atoms with van der Waals surface area (Å²) in [6.07, 6.45) is 2.48. The second kappa shape index (κ2) is 9.66. The van der Waals surface area contributed by atoms with Crippen molar-refractivity contribution < 1.29 is 24.3 Å². The summed E-state index contributed by atoms with van der Waals surface area (Å²) in [6.45, 7) is 1.03. The zero-order valence-electron chi connectivity index (χ0n) is 17.5. The van der Waals surface area contributed by atoms with Crippen molar-refractivity contribution in [2.24, 2.45) is 5.92 Å². The number of aliphatic hydroxyl groups excluding tert-OH is 1. The molecular formula is C23H24N4O5. The minimum atomic E-state index is -0.853. The van der Waals surface area contributed by atoms with Crippen molar-refractivity contribution >= 4 is 17.1 Å². The number of rotatable bonds is 7. The minimum absolute atomic E-state index is 0.157. The third-order valence-corrected chi connectivity index (χ3v) is 5.90. The molecule has 2 N–H and O–H groups in total. The van der Waals surface area contributed by atoms with Crippen LogP contribution < -0.4 is 4.74 Å². The summed E-state index contributed by atoms with van der Waals surface area (Å²) in [4.78, 5) is 16.7. The molecule has 2 aromatic heterocycles. The average molecular weight is 436 g/mol. The summed E-state index contributed by atoms with van der Waals surface area (Å²) in [7, 11) is 0. The number of aryl methyl sites for hydroxylation is 1. The maximum absolute atomic E-state index is 11.1. The number of pyridine rings is 1. The first-order chi connectivity index (χ1) is 15.6. The molecule has 0 spiro atoms. The van der Waals surface area contributed by atoms with Crippen LogP contribution in [-0.2, 0) is 19.6 Å². The highest BCUT2D eigenvalue weighted by Crippen LogP contribution is 2.32. The fraction of sp³-hybridized carbons (Fsp3) is 0.391. The van der Waals surface area contributed by atoms with E-state index >= 15 is 0 Å². The summed E-state index contributed by atoms with van der Waals surface area (Å²) >= 11 is 0. The second-order valence-corrected chi connectivity index (χ2v) is 7.87. The monoisotopic (exact) mass is 436 g/mol. The highest BCUT2D eigenvalue weighted by atomic mass is 16.5. The van der Waals surface area contributed by atoms with E-state index in [1.54, 1.807) is 24.3 Å². The number of carbonyl (C=O) groups is 1. The van der Waals surface area contributed by atoms with Crippen LogP contribution in [0, 0.1) is 17.2 Å². The molecule has 3 heterocycles. The van der Waals surface area contributed by atoms with E-state index in [1.165, 1.54) is 4.90 Å². The van der Waals surface area contributed by atoms with Gasteiger partial charge >= 0.3 is 6.09 Å². The van der Waals surface area contributed by atoms with Gasteiger partial charge in [-0.1, -0.05) is 11.2 Å². The van der Waals surface area contributed by atoms with Gasteiger partial charge in [0.2, 0.25) is 0 Å². The third-order valence-electron chi connectivity index (χ3n) is 5.90. The Bertz CT molecular complexity index is 1140. The zero-order valence-corrected chi connectivity index (χ0v) is 17.5. The van der Waals surface area contributed by atoms with Crippen LogP contribution in [0.1, 0.15) is 41.9 Å². The molecule has 0 saturated carbocycles. The standard InChI is InChI=1S/C23H24N4O5/c24-12-16-2-1-3-17(25-16)14-31-21-7-5-18-20(26-32-22(18)19(21)13-28)6-4-15-8-10-27(11-9-15)23(29)30/h1-3,5,7,15,28H,4,6,8-11,13-14H2,(H,29,30). The maximum atomic E-state index is 11.1. The SMILES string of the molecule is N#Cc1cccc(COc2ccc3c(CCC4CCN(C(=O)O)CC4)noc3c2CO)n1. The smallest absolute Gasteiger partial charge is 0.407 e. The van der Waals surface area contributed by atoms with Gasteiger partial charge in [-0.3, -0.25) is 0 Å². The fourth-order valence-corrected chi connectivity index (χ4v) is 4.08. The highest BCUT2D eigenvalue weighted by molar-refractivity contribution is 5.84. The molecule has 32 heavy (non-hydrogen) atoms. The lowest BCUT2D eigenvalue weighted by Crippen LogP contribution is -2.37. The van der Waals surface area contributed by atoms with Gasteiger partial charge in [-0.15, -0.1) is 0 Å². The Labute approximate surface area is 184 Å². The number of benzene rings is 1. The van der Waals surface area contributed by atoms with Gasteiger partial charge in [-0.25, -0.2) is 9.78 Å². The molecule has 1 fully saturated rings. The number of carboxylic acid groups (broad SMARTS) is 1. The largest absolute Gasteiger partial charge is 0.487 e. The molecule has 0 radical (unpaired) electrons. The number of hydrogen-bond donors (Lipinski definition) is 2. The Balaban J connectivity index is 1.43. The van der Waals surface area contributed by atoms with Crippen LogP contribution in [0.15, 0.2) is 34.9 Å². The van der Waals surface area contributed by atoms with Crippen molar-refractivity contribution in [3.8, 4) is 11.8 Å². The predicted octanol–water partition coefficient (Wildman–Crippen LogP) is 3.49. The molecule has 1 amide bonds. The van der Waals surface area contributed by atoms with Crippen LogP contribution in [0.5, 0.6) is 5.75 Å². The lowest BCUT2D eigenvalue weighted by atomic mass is 9.91. The molecule has 4 rings (SSSR count). The Morgan fingerprint density at radius 1 is 1.28 bits per heavy atom. The number of fused-ring (bicyclic) bond motifs is 1. The van der Waals surface area contributed by atoms with E-state index in [1.807, 2.05) is 12.1 Å². The molecule has 9 nitrogen and oxygen atoms in total. The van der Waals surface area contributed by atoms with Crippen molar-refractivity contribution in [3.63, 3.8) is 0 Å². The van der Waals surface area contributed by atoms with Crippen LogP contribution in [-0.4, -0.2) is 44.4 Å². The number of ether oxygens (including phenoxy) is 1. The highest BCUT2D eigenvalue weighted by Gasteiger charge is 2.23. The average Bonchev–Trinajstić information content (AvgIpc) is 3.24. The topological polar surface area (TPSA) is 133 Å². The van der Waals surface area contributed by atoms with E-state index in [4.69, 9.17) is 19.6 Å². The molecule has 3 aromatic rings. The number of aliphatic hydroxyl groups is 1. The molecule has 166 valence electrons. The van der Waals surface area contributed by atoms with Crippen molar-refractivity contribution in [3.05, 3.63) is 53.0 Å². The van der Waals surface area contributed by atoms with Gasteiger partial charge in [0.05, 0.1) is 23.6 Å². The summed E-state index contributed by atoms with van der Waals surface area (Å²) in [5, 5.41) is 33.0. The molecule has 1 saturated heterocycles. The van der Waals surface area contributed by atoms with E-state index in [9.17, 15) is 9.90 Å². The predicted molar refractivity (Wildman–Crippen MR) is 114 cm³/mol. The minimum Gasteiger partial charge on any atom is -0.487 e. The molecule has 0 unspecified atom stereocenters. The maximum Gasteiger partial charge on any atom is 0.407 e. The zero-order chi connectivity index (χ0) is 22.5. The van der Waals surface area contributed by atoms with E-state index in [2.05, 4.69) is 10.1 Å². The Kier molecular flexibility index (Phi) is 6.52. The quantitative estimate of drug-likeness (QED) is 0.575. The Morgan fingerprint density at radius 2 is 2.09 bits per heavy atom. The van der Waals surface area contributed by atoms with Crippen LogP contribution in [0.2, 0.25) is 0 Å². The van der Waals surface area contributed by atoms with Crippen molar-refractivity contribution in [2.45, 2.75) is 38.9 Å². The van der Waals surface area contributed by atoms with Gasteiger partial charge in [0, 0.05) is 18.5 Å². The van der Waals surface area contributed by atoms with E-state index < -0.39 is 6.09 Å². The number of amides is 1. The Hall–Kier alpha value is -3.64. The first kappa shape index (κ1) is 21.6. The van der Waals surface area contributed by atoms with Crippen LogP contribution in [0.3, 0.4) is 0 Å². The van der Waals surface area contributed by atoms with Crippen molar-refractivity contribution in [2.75, 3.05) is 13.1 Å². The van der Waals surface area contributed by atoms with Crippen molar-refractivity contribution in [1.29, 1.82) is 5.26 Å². The number of piperidine rings is 1. The van der Waals surface area contributed by atoms with Crippen molar-refractivity contribution in [1.82, 2.24) is 15.0 Å². The van der Waals surface area contributed by atoms with Gasteiger partial charge in [0.15, 0.2) is 5.58 Å². The third kappa shape index (κ3) is 4.65. The molecule has 0 atom stereocenters. The van der Waals surface area contributed by atoms with E-state index in [0.717, 1.165) is 36.8 Å². The molecule has 0 aliphatic carbocycles. The lowest BCUT2D eigenvalue weighted by molar-refractivity contribution is 0.123. The van der Waals surface area contributed by atoms with Gasteiger partial charge in [0.1, 0.15) is 24.1 Å². The molecule has 9 heteroatoms. The lowest BCUT2D eigenvalue weighted by Gasteiger charge is -2.29. The number of likely N-dealkylation sites (tertiary alicyclic amines) is 1. The summed E-state index contributed by atoms with van der Waals surface area (Å²) in [5.41, 5.74) is 2.77. The molecular weight excluding hydrogens is 412 g/mol. The Morgan fingerprint density at radius 3 is 2.81 bits per heavy atom. The number of nitrogens with zero attached hydrogens (tertiary/aromatic N) is 4. The van der Waals surface area contributed by atoms with Gasteiger partial charge in [-0.2, -0.15) is 5.26 Å². The van der Waals surface area contributed by atoms with Crippen LogP contribution in [0.25, 0.3) is 11.0 Å². The molecule has 1 aromatic carbocycles. The number of hydrogen-bond acceptors (Lipinski definition) is 7. The van der Waals surface area contributed by atoms with Gasteiger partial charge in [0.25, 0.3) is 0 Å². The van der Waals surface area contributed by atoms with E-state index in [-0.39, 0.29) is 13.2 Å². The first-order valence-corrected chi connectivity index (χ1v) is 10.6. The number of aromatic nitrogens is 2. The molecule has 1 aliphatic heterocycles. The fourth-order valence-electron chi connectivity index (χ4n) is 4.08. The van der Waals surface area contributed by atoms with E-state index in [0.29, 0.717) is 47.3 Å². The summed E-state index contributed by atoms with van der Waals surface area (Å²) < 4.78 is 11.4. The van der Waals surface area contributed by atoms with Gasteiger partial charge < -0.3 is 24.4 Å². The second-order valence-electron chi connectivity index (χ2n) is 7.87. The summed E-state index contributed by atoms with van der Waals surface area (Å²) in [6, 6.07) is 10.8. The molecule has 0 bridgehead atoms. The molecule has 1 aliphatic rings. The number of nitriles is 1. The van der Waals surface area contributed by atoms with Crippen LogP contribution >= 0.6 is 0 Å². The van der Waals surface area contributed by atoms with Gasteiger partial charge in [-0.05, 0) is 55.9 Å². The summed E-state index contributed by atoms with van der Waals surface area (Å²) in [5.74, 6) is 0.932.